The third-order valence-electron chi connectivity index (χ3n) is 3.10. The molecule has 2 N–H and O–H groups in total. The van der Waals surface area contributed by atoms with E-state index in [0.29, 0.717) is 12.0 Å². The molecular weight excluding hydrogens is 357 g/mol. The number of primary amides is 1. The number of carbonyl (C=O) groups excluding carboxylic acids is 2. The first-order valence-electron chi connectivity index (χ1n) is 7.46. The lowest BCUT2D eigenvalue weighted by molar-refractivity contribution is -0.191. The molecule has 0 atom stereocenters. The van der Waals surface area contributed by atoms with Crippen LogP contribution >= 0.6 is 0 Å². The summed E-state index contributed by atoms with van der Waals surface area (Å²) in [7, 11) is 0. The van der Waals surface area contributed by atoms with Gasteiger partial charge in [-0.05, 0) is 12.0 Å². The number of hydroxylamine groups is 2. The van der Waals surface area contributed by atoms with Crippen molar-refractivity contribution in [2.75, 3.05) is 6.61 Å². The van der Waals surface area contributed by atoms with Crippen molar-refractivity contribution >= 4 is 11.8 Å². The molecule has 0 bridgehead atoms. The third-order valence-corrected chi connectivity index (χ3v) is 3.10. The van der Waals surface area contributed by atoms with Crippen molar-refractivity contribution in [2.24, 2.45) is 5.73 Å². The van der Waals surface area contributed by atoms with Gasteiger partial charge >= 0.3 is 23.9 Å². The van der Waals surface area contributed by atoms with Gasteiger partial charge in [-0.1, -0.05) is 36.3 Å². The maximum atomic E-state index is 12.5. The Morgan fingerprint density at radius 2 is 1.92 bits per heavy atom. The average molecular weight is 372 g/mol. The van der Waals surface area contributed by atoms with Gasteiger partial charge in [-0.15, -0.1) is 0 Å². The molecule has 0 saturated carbocycles. The van der Waals surface area contributed by atoms with Crippen LogP contribution in [-0.4, -0.2) is 33.6 Å². The van der Waals surface area contributed by atoms with Crippen molar-refractivity contribution in [3.8, 4) is 11.4 Å². The Bertz CT molecular complexity index is 774. The van der Waals surface area contributed by atoms with E-state index in [1.165, 1.54) is 24.3 Å². The van der Waals surface area contributed by atoms with Gasteiger partial charge in [-0.2, -0.15) is 18.2 Å². The standard InChI is InChI=1S/C15H15F3N4O4/c1-2-7-25-22(13(24)11(19)23)8-9-3-5-10(6-4-9)12-20-14(26-21-12)15(16,17)18/h3-6H,2,7-8H2,1H3,(H2,19,23). The Kier molecular flexibility index (Phi) is 5.93. The van der Waals surface area contributed by atoms with Crippen molar-refractivity contribution < 1.29 is 32.1 Å². The number of benzene rings is 1. The first kappa shape index (κ1) is 19.4. The van der Waals surface area contributed by atoms with Gasteiger partial charge in [0.1, 0.15) is 0 Å². The summed E-state index contributed by atoms with van der Waals surface area (Å²) in [6, 6.07) is 5.95. The van der Waals surface area contributed by atoms with Gasteiger partial charge < -0.3 is 10.3 Å². The summed E-state index contributed by atoms with van der Waals surface area (Å²) in [5.41, 5.74) is 5.81. The number of carbonyl (C=O) groups is 2. The summed E-state index contributed by atoms with van der Waals surface area (Å²) in [5, 5.41) is 4.11. The summed E-state index contributed by atoms with van der Waals surface area (Å²) in [6.07, 6.45) is -4.11. The molecule has 0 aliphatic heterocycles. The lowest BCUT2D eigenvalue weighted by atomic mass is 10.1. The summed E-state index contributed by atoms with van der Waals surface area (Å²) in [6.45, 7) is 1.96. The Hall–Kier alpha value is -2.95. The zero-order valence-corrected chi connectivity index (χ0v) is 13.6. The predicted molar refractivity (Wildman–Crippen MR) is 80.7 cm³/mol. The van der Waals surface area contributed by atoms with Crippen LogP contribution in [0.4, 0.5) is 13.2 Å². The first-order chi connectivity index (χ1) is 12.2. The van der Waals surface area contributed by atoms with Crippen molar-refractivity contribution in [1.29, 1.82) is 0 Å². The minimum Gasteiger partial charge on any atom is -0.361 e. The van der Waals surface area contributed by atoms with Gasteiger partial charge in [0, 0.05) is 5.56 Å². The largest absolute Gasteiger partial charge is 0.471 e. The van der Waals surface area contributed by atoms with E-state index in [9.17, 15) is 22.8 Å². The molecule has 11 heteroatoms. The maximum Gasteiger partial charge on any atom is 0.471 e. The van der Waals surface area contributed by atoms with E-state index >= 15 is 0 Å². The van der Waals surface area contributed by atoms with Crippen LogP contribution in [0, 0.1) is 0 Å². The van der Waals surface area contributed by atoms with Crippen LogP contribution in [-0.2, 0) is 27.1 Å². The number of hydrogen-bond donors (Lipinski definition) is 1. The highest BCUT2D eigenvalue weighted by molar-refractivity contribution is 6.34. The molecular formula is C15H15F3N4O4. The molecule has 1 aromatic carbocycles. The van der Waals surface area contributed by atoms with Crippen LogP contribution < -0.4 is 5.73 Å². The van der Waals surface area contributed by atoms with E-state index in [1.807, 2.05) is 6.92 Å². The summed E-state index contributed by atoms with van der Waals surface area (Å²) < 4.78 is 41.6. The quantitative estimate of drug-likeness (QED) is 0.612. The van der Waals surface area contributed by atoms with Crippen LogP contribution in [0.1, 0.15) is 24.8 Å². The monoisotopic (exact) mass is 372 g/mol. The number of aromatic nitrogens is 2. The molecule has 26 heavy (non-hydrogen) atoms. The molecule has 2 amide bonds. The van der Waals surface area contributed by atoms with E-state index in [0.717, 1.165) is 5.06 Å². The zero-order chi connectivity index (χ0) is 19.3. The molecule has 0 aliphatic carbocycles. The van der Waals surface area contributed by atoms with E-state index in [2.05, 4.69) is 14.7 Å². The molecule has 0 saturated heterocycles. The van der Waals surface area contributed by atoms with Crippen LogP contribution in [0.15, 0.2) is 28.8 Å². The van der Waals surface area contributed by atoms with Crippen molar-refractivity contribution in [2.45, 2.75) is 26.1 Å². The second kappa shape index (κ2) is 7.95. The van der Waals surface area contributed by atoms with Crippen LogP contribution in [0.2, 0.25) is 0 Å². The van der Waals surface area contributed by atoms with Crippen LogP contribution in [0.25, 0.3) is 11.4 Å². The van der Waals surface area contributed by atoms with Gasteiger partial charge in [0.05, 0.1) is 13.2 Å². The molecule has 0 radical (unpaired) electrons. The van der Waals surface area contributed by atoms with E-state index < -0.39 is 23.9 Å². The van der Waals surface area contributed by atoms with Crippen molar-refractivity contribution in [3.63, 3.8) is 0 Å². The lowest BCUT2D eigenvalue weighted by Gasteiger charge is -2.20. The summed E-state index contributed by atoms with van der Waals surface area (Å²) in [5.74, 6) is -3.83. The number of nitrogens with zero attached hydrogens (tertiary/aromatic N) is 3. The lowest BCUT2D eigenvalue weighted by Crippen LogP contribution is -2.40. The summed E-state index contributed by atoms with van der Waals surface area (Å²) in [4.78, 5) is 31.2. The number of amides is 2. The smallest absolute Gasteiger partial charge is 0.361 e. The van der Waals surface area contributed by atoms with Gasteiger partial charge in [0.2, 0.25) is 5.82 Å². The van der Waals surface area contributed by atoms with E-state index in [-0.39, 0.29) is 24.5 Å². The second-order valence-corrected chi connectivity index (χ2v) is 5.16. The van der Waals surface area contributed by atoms with E-state index in [1.54, 1.807) is 0 Å². The molecule has 0 unspecified atom stereocenters. The predicted octanol–water partition coefficient (Wildman–Crippen LogP) is 1.91. The number of nitrogens with two attached hydrogens (primary N) is 1. The number of halogens is 3. The number of alkyl halides is 3. The Labute approximate surface area is 145 Å². The fourth-order valence-electron chi connectivity index (χ4n) is 1.88. The average Bonchev–Trinajstić information content (AvgIpc) is 3.09. The molecule has 0 fully saturated rings. The van der Waals surface area contributed by atoms with Gasteiger partial charge in [0.15, 0.2) is 0 Å². The minimum atomic E-state index is -4.72. The topological polar surface area (TPSA) is 112 Å². The van der Waals surface area contributed by atoms with Crippen molar-refractivity contribution in [1.82, 2.24) is 15.2 Å². The van der Waals surface area contributed by atoms with E-state index in [4.69, 9.17) is 10.6 Å². The SMILES string of the molecule is CCCON(Cc1ccc(-c2noc(C(F)(F)F)n2)cc1)C(=O)C(N)=O. The number of rotatable bonds is 6. The van der Waals surface area contributed by atoms with Gasteiger partial charge in [-0.3, -0.25) is 14.4 Å². The Morgan fingerprint density at radius 1 is 1.27 bits per heavy atom. The molecule has 0 aliphatic rings. The Morgan fingerprint density at radius 3 is 2.42 bits per heavy atom. The molecule has 1 heterocycles. The highest BCUT2D eigenvalue weighted by atomic mass is 19.4. The van der Waals surface area contributed by atoms with Gasteiger partial charge in [-0.25, -0.2) is 5.06 Å². The normalized spacial score (nSPS) is 11.4. The molecule has 0 spiro atoms. The molecule has 8 nitrogen and oxygen atoms in total. The fourth-order valence-corrected chi connectivity index (χ4v) is 1.88. The highest BCUT2D eigenvalue weighted by Crippen LogP contribution is 2.29. The molecule has 140 valence electrons. The van der Waals surface area contributed by atoms with Crippen molar-refractivity contribution in [3.05, 3.63) is 35.7 Å². The molecule has 2 aromatic rings. The maximum absolute atomic E-state index is 12.5. The highest BCUT2D eigenvalue weighted by Gasteiger charge is 2.38. The van der Waals surface area contributed by atoms with Gasteiger partial charge in [0.25, 0.3) is 0 Å². The first-order valence-corrected chi connectivity index (χ1v) is 7.46. The third kappa shape index (κ3) is 4.79. The molecule has 2 rings (SSSR count). The van der Waals surface area contributed by atoms with Crippen LogP contribution in [0.3, 0.4) is 0 Å². The fraction of sp³-hybridized carbons (Fsp3) is 0.333. The molecule has 1 aromatic heterocycles. The van der Waals surface area contributed by atoms with Crippen LogP contribution in [0.5, 0.6) is 0 Å². The Balaban J connectivity index is 2.13. The minimum absolute atomic E-state index is 0.0674. The summed E-state index contributed by atoms with van der Waals surface area (Å²) >= 11 is 0. The second-order valence-electron chi connectivity index (χ2n) is 5.16. The number of hydrogen-bond acceptors (Lipinski definition) is 6. The zero-order valence-electron chi connectivity index (χ0n) is 13.6.